The average Bonchev–Trinajstić information content (AvgIpc) is 2.38. The Morgan fingerprint density at radius 3 is 2.23 bits per heavy atom. The van der Waals surface area contributed by atoms with E-state index in [1.165, 1.54) is 0 Å². The Balaban J connectivity index is 4.41. The quantitative estimate of drug-likeness (QED) is 0.442. The molecular formula is C16H36F2O2Si2. The summed E-state index contributed by atoms with van der Waals surface area (Å²) in [6.45, 7) is 15.4. The number of halogens is 2. The molecule has 2 nitrogen and oxygen atoms in total. The van der Waals surface area contributed by atoms with Gasteiger partial charge in [-0.15, -0.1) is 0 Å². The van der Waals surface area contributed by atoms with E-state index in [4.69, 9.17) is 8.85 Å². The van der Waals surface area contributed by atoms with Crippen LogP contribution in [0.2, 0.25) is 32.2 Å². The van der Waals surface area contributed by atoms with Crippen molar-refractivity contribution in [3.05, 3.63) is 0 Å². The van der Waals surface area contributed by atoms with Crippen LogP contribution >= 0.6 is 0 Å². The third-order valence-corrected chi connectivity index (χ3v) is 7.87. The Kier molecular flexibility index (Phi) is 10.3. The van der Waals surface area contributed by atoms with E-state index in [9.17, 15) is 8.78 Å². The van der Waals surface area contributed by atoms with Gasteiger partial charge in [-0.1, -0.05) is 13.8 Å². The smallest absolute Gasteiger partial charge is 0.245 e. The minimum absolute atomic E-state index is 0.0418. The van der Waals surface area contributed by atoms with Gasteiger partial charge in [0.25, 0.3) is 0 Å². The van der Waals surface area contributed by atoms with Crippen molar-refractivity contribution in [2.75, 3.05) is 13.2 Å². The predicted octanol–water partition coefficient (Wildman–Crippen LogP) is 5.31. The molecular weight excluding hydrogens is 318 g/mol. The second kappa shape index (κ2) is 10.2. The van der Waals surface area contributed by atoms with Crippen molar-refractivity contribution in [2.45, 2.75) is 78.2 Å². The highest BCUT2D eigenvalue weighted by atomic mass is 28.4. The first-order valence-corrected chi connectivity index (χ1v) is 14.5. The molecule has 22 heavy (non-hydrogen) atoms. The van der Waals surface area contributed by atoms with Crippen molar-refractivity contribution in [3.8, 4) is 0 Å². The molecule has 2 atom stereocenters. The Bertz CT molecular complexity index is 294. The van der Waals surface area contributed by atoms with Crippen molar-refractivity contribution in [2.24, 2.45) is 11.8 Å². The Morgan fingerprint density at radius 2 is 1.77 bits per heavy atom. The fourth-order valence-electron chi connectivity index (χ4n) is 2.15. The molecule has 0 aromatic heterocycles. The van der Waals surface area contributed by atoms with E-state index < -0.39 is 23.3 Å². The minimum Gasteiger partial charge on any atom is -0.420 e. The second-order valence-electron chi connectivity index (χ2n) is 7.48. The average molecular weight is 355 g/mol. The molecule has 0 amide bonds. The molecule has 0 rings (SSSR count). The molecule has 0 saturated carbocycles. The number of hydrogen-bond donors (Lipinski definition) is 0. The SMILES string of the molecule is CC[Si](C)(C)OCC[C@@H](CO[SiH](C)C)C(C)CCC(C)(F)F. The van der Waals surface area contributed by atoms with Gasteiger partial charge >= 0.3 is 0 Å². The fraction of sp³-hybridized carbons (Fsp3) is 1.00. The zero-order valence-corrected chi connectivity index (χ0v) is 17.7. The zero-order valence-electron chi connectivity index (χ0n) is 15.5. The Morgan fingerprint density at radius 1 is 1.18 bits per heavy atom. The van der Waals surface area contributed by atoms with E-state index in [1.54, 1.807) is 0 Å². The van der Waals surface area contributed by atoms with Crippen LogP contribution in [0.25, 0.3) is 0 Å². The second-order valence-corrected chi connectivity index (χ2v) is 14.4. The lowest BCUT2D eigenvalue weighted by Gasteiger charge is -2.28. The van der Waals surface area contributed by atoms with Gasteiger partial charge in [0.15, 0.2) is 17.4 Å². The first-order chi connectivity index (χ1) is 9.97. The molecule has 0 aliphatic carbocycles. The van der Waals surface area contributed by atoms with Gasteiger partial charge in [-0.3, -0.25) is 0 Å². The highest BCUT2D eigenvalue weighted by molar-refractivity contribution is 6.71. The van der Waals surface area contributed by atoms with Gasteiger partial charge in [-0.2, -0.15) is 0 Å². The molecule has 0 fully saturated rings. The molecule has 0 aromatic rings. The van der Waals surface area contributed by atoms with Crippen LogP contribution in [0.15, 0.2) is 0 Å². The van der Waals surface area contributed by atoms with Crippen LogP contribution in [0.3, 0.4) is 0 Å². The maximum Gasteiger partial charge on any atom is 0.245 e. The third-order valence-electron chi connectivity index (χ3n) is 4.32. The summed E-state index contributed by atoms with van der Waals surface area (Å²) in [5.41, 5.74) is 0. The van der Waals surface area contributed by atoms with Gasteiger partial charge in [0, 0.05) is 19.6 Å². The Hall–Kier alpha value is 0.214. The van der Waals surface area contributed by atoms with E-state index in [2.05, 4.69) is 40.0 Å². The lowest BCUT2D eigenvalue weighted by atomic mass is 9.87. The van der Waals surface area contributed by atoms with Gasteiger partial charge in [0.05, 0.1) is 0 Å². The number of hydrogen-bond acceptors (Lipinski definition) is 2. The van der Waals surface area contributed by atoms with Crippen LogP contribution in [-0.2, 0) is 8.85 Å². The largest absolute Gasteiger partial charge is 0.420 e. The molecule has 134 valence electrons. The van der Waals surface area contributed by atoms with Gasteiger partial charge < -0.3 is 8.85 Å². The molecule has 0 aliphatic heterocycles. The summed E-state index contributed by atoms with van der Waals surface area (Å²) in [4.78, 5) is 0. The predicted molar refractivity (Wildman–Crippen MR) is 95.9 cm³/mol. The Labute approximate surface area is 138 Å². The summed E-state index contributed by atoms with van der Waals surface area (Å²) in [7, 11) is -2.60. The monoisotopic (exact) mass is 354 g/mol. The fourth-order valence-corrected chi connectivity index (χ4v) is 3.66. The van der Waals surface area contributed by atoms with Crippen molar-refractivity contribution in [3.63, 3.8) is 0 Å². The van der Waals surface area contributed by atoms with E-state index in [1.807, 2.05) is 0 Å². The summed E-state index contributed by atoms with van der Waals surface area (Å²) in [6.07, 6.45) is 1.42. The van der Waals surface area contributed by atoms with Gasteiger partial charge in [-0.25, -0.2) is 8.78 Å². The summed E-state index contributed by atoms with van der Waals surface area (Å²) in [6, 6.07) is 1.10. The highest BCUT2D eigenvalue weighted by Crippen LogP contribution is 2.28. The van der Waals surface area contributed by atoms with Crippen LogP contribution in [0.4, 0.5) is 8.78 Å². The van der Waals surface area contributed by atoms with Crippen LogP contribution in [0, 0.1) is 11.8 Å². The van der Waals surface area contributed by atoms with Crippen LogP contribution in [0.5, 0.6) is 0 Å². The van der Waals surface area contributed by atoms with E-state index >= 15 is 0 Å². The lowest BCUT2D eigenvalue weighted by Crippen LogP contribution is -2.31. The van der Waals surface area contributed by atoms with E-state index in [0.29, 0.717) is 18.9 Å². The molecule has 0 aliphatic rings. The standard InChI is InChI=1S/C16H36F2O2Si2/c1-8-22(6,7)20-12-10-15(13-19-21(4)5)14(2)9-11-16(3,17)18/h14-15,21H,8-13H2,1-7H3/t14?,15-/m0/s1. The molecule has 0 N–H and O–H groups in total. The molecule has 0 radical (unpaired) electrons. The van der Waals surface area contributed by atoms with Gasteiger partial charge in [0.2, 0.25) is 5.92 Å². The van der Waals surface area contributed by atoms with Gasteiger partial charge in [0.1, 0.15) is 0 Å². The first-order valence-electron chi connectivity index (χ1n) is 8.60. The molecule has 0 aromatic carbocycles. The maximum atomic E-state index is 13.1. The zero-order chi connectivity index (χ0) is 17.4. The van der Waals surface area contributed by atoms with Crippen molar-refractivity contribution in [1.29, 1.82) is 0 Å². The molecule has 0 heterocycles. The summed E-state index contributed by atoms with van der Waals surface area (Å²) >= 11 is 0. The van der Waals surface area contributed by atoms with Crippen molar-refractivity contribution in [1.82, 2.24) is 0 Å². The molecule has 1 unspecified atom stereocenters. The number of alkyl halides is 2. The van der Waals surface area contributed by atoms with E-state index in [-0.39, 0.29) is 12.3 Å². The summed E-state index contributed by atoms with van der Waals surface area (Å²) in [5.74, 6) is -2.01. The minimum atomic E-state index is -2.57. The maximum absolute atomic E-state index is 13.1. The lowest BCUT2D eigenvalue weighted by molar-refractivity contribution is 0.00296. The topological polar surface area (TPSA) is 18.5 Å². The first kappa shape index (κ1) is 22.2. The normalized spacial score (nSPS) is 16.1. The van der Waals surface area contributed by atoms with Crippen LogP contribution in [0.1, 0.15) is 40.0 Å². The third kappa shape index (κ3) is 11.7. The van der Waals surface area contributed by atoms with Crippen molar-refractivity contribution < 1.29 is 17.6 Å². The molecule has 0 bridgehead atoms. The summed E-state index contributed by atoms with van der Waals surface area (Å²) < 4.78 is 38.1. The van der Waals surface area contributed by atoms with Gasteiger partial charge in [-0.05, 0) is 63.8 Å². The molecule has 0 saturated heterocycles. The molecule has 6 heteroatoms. The van der Waals surface area contributed by atoms with Crippen molar-refractivity contribution >= 4 is 17.4 Å². The van der Waals surface area contributed by atoms with E-state index in [0.717, 1.165) is 26.0 Å². The summed E-state index contributed by atoms with van der Waals surface area (Å²) in [5, 5.41) is 0. The number of rotatable bonds is 12. The highest BCUT2D eigenvalue weighted by Gasteiger charge is 2.26. The van der Waals surface area contributed by atoms with Crippen LogP contribution in [-0.4, -0.2) is 36.5 Å². The molecule has 0 spiro atoms. The van der Waals surface area contributed by atoms with Crippen LogP contribution < -0.4 is 0 Å².